The molecule has 0 atom stereocenters. The minimum Gasteiger partial charge on any atom is -0.267 e. The topological polar surface area (TPSA) is 60.2 Å². The lowest BCUT2D eigenvalue weighted by Gasteiger charge is -1.98. The summed E-state index contributed by atoms with van der Waals surface area (Å²) in [5.74, 6) is 0.630. The second-order valence-electron chi connectivity index (χ2n) is 4.87. The van der Waals surface area contributed by atoms with E-state index in [1.807, 2.05) is 25.1 Å². The van der Waals surface area contributed by atoms with Crippen LogP contribution in [0.5, 0.6) is 0 Å². The first-order chi connectivity index (χ1) is 11.2. The molecular formula is C15H12N4OS3. The molecule has 8 heteroatoms. The molecule has 3 heterocycles. The number of hydrogen-bond acceptors (Lipinski definition) is 7. The van der Waals surface area contributed by atoms with Crippen LogP contribution in [0.25, 0.3) is 15.2 Å². The Kier molecular flexibility index (Phi) is 3.88. The molecule has 4 rings (SSSR count). The number of benzene rings is 1. The molecular weight excluding hydrogens is 348 g/mol. The van der Waals surface area contributed by atoms with Crippen molar-refractivity contribution in [2.45, 2.75) is 23.4 Å². The number of hydrogen-bond donors (Lipinski definition) is 0. The molecule has 0 aliphatic rings. The summed E-state index contributed by atoms with van der Waals surface area (Å²) >= 11 is 4.74. The number of thioether (sulfide) groups is 1. The van der Waals surface area contributed by atoms with Crippen LogP contribution in [0.2, 0.25) is 0 Å². The summed E-state index contributed by atoms with van der Waals surface area (Å²) in [6, 6.07) is 9.64. The molecule has 0 saturated heterocycles. The van der Waals surface area contributed by atoms with Crippen molar-refractivity contribution in [2.24, 2.45) is 0 Å². The Labute approximate surface area is 144 Å². The van der Waals surface area contributed by atoms with Crippen molar-refractivity contribution in [3.8, 4) is 0 Å². The molecule has 0 N–H and O–H groups in total. The van der Waals surface area contributed by atoms with Crippen LogP contribution in [0.1, 0.15) is 17.6 Å². The SMILES string of the molecule is CCc1nn2c(=O)cc(CSc3nc4ccccc4s3)nc2s1. The maximum atomic E-state index is 12.1. The molecule has 0 spiro atoms. The summed E-state index contributed by atoms with van der Waals surface area (Å²) in [5.41, 5.74) is 1.66. The quantitative estimate of drug-likeness (QED) is 0.520. The zero-order valence-corrected chi connectivity index (χ0v) is 14.7. The fourth-order valence-corrected chi connectivity index (χ4v) is 4.98. The van der Waals surface area contributed by atoms with Crippen molar-refractivity contribution in [1.82, 2.24) is 19.6 Å². The number of nitrogens with zero attached hydrogens (tertiary/aromatic N) is 4. The largest absolute Gasteiger partial charge is 0.275 e. The van der Waals surface area contributed by atoms with Crippen molar-refractivity contribution in [3.05, 3.63) is 51.4 Å². The van der Waals surface area contributed by atoms with E-state index >= 15 is 0 Å². The number of rotatable bonds is 4. The van der Waals surface area contributed by atoms with E-state index in [0.29, 0.717) is 10.7 Å². The molecule has 3 aromatic heterocycles. The first-order valence-electron chi connectivity index (χ1n) is 7.10. The number of aryl methyl sites for hydroxylation is 1. The average molecular weight is 360 g/mol. The molecule has 0 aliphatic heterocycles. The van der Waals surface area contributed by atoms with Crippen molar-refractivity contribution in [2.75, 3.05) is 0 Å². The highest BCUT2D eigenvalue weighted by Gasteiger charge is 2.10. The van der Waals surface area contributed by atoms with Gasteiger partial charge in [-0.05, 0) is 18.6 Å². The summed E-state index contributed by atoms with van der Waals surface area (Å²) in [6.45, 7) is 2.02. The standard InChI is InChI=1S/C15H12N4OS3/c1-2-12-18-19-13(20)7-9(16-14(19)23-12)8-21-15-17-10-5-3-4-6-11(10)22-15/h3-7H,2,8H2,1H3. The van der Waals surface area contributed by atoms with Gasteiger partial charge in [0.05, 0.1) is 15.9 Å². The number of fused-ring (bicyclic) bond motifs is 2. The highest BCUT2D eigenvalue weighted by Crippen LogP contribution is 2.31. The third kappa shape index (κ3) is 2.89. The Hall–Kier alpha value is -1.77. The monoisotopic (exact) mass is 360 g/mol. The van der Waals surface area contributed by atoms with Gasteiger partial charge in [-0.1, -0.05) is 42.2 Å². The Morgan fingerprint density at radius 1 is 1.22 bits per heavy atom. The van der Waals surface area contributed by atoms with Crippen LogP contribution in [0, 0.1) is 0 Å². The fourth-order valence-electron chi connectivity index (χ4n) is 2.16. The Morgan fingerprint density at radius 2 is 2.09 bits per heavy atom. The maximum Gasteiger partial charge on any atom is 0.275 e. The van der Waals surface area contributed by atoms with Crippen LogP contribution in [0.3, 0.4) is 0 Å². The molecule has 0 radical (unpaired) electrons. The number of para-hydroxylation sites is 1. The zero-order valence-electron chi connectivity index (χ0n) is 12.2. The summed E-state index contributed by atoms with van der Waals surface area (Å²) in [4.78, 5) is 21.9. The van der Waals surface area contributed by atoms with Gasteiger partial charge in [0.15, 0.2) is 4.34 Å². The molecule has 0 bridgehead atoms. The molecule has 1 aromatic carbocycles. The molecule has 0 amide bonds. The second kappa shape index (κ2) is 6.03. The predicted octanol–water partition coefficient (Wildman–Crippen LogP) is 3.62. The normalized spacial score (nSPS) is 11.5. The first kappa shape index (κ1) is 14.8. The van der Waals surface area contributed by atoms with Gasteiger partial charge >= 0.3 is 0 Å². The van der Waals surface area contributed by atoms with Crippen LogP contribution in [-0.2, 0) is 12.2 Å². The molecule has 116 valence electrons. The molecule has 0 saturated carbocycles. The summed E-state index contributed by atoms with van der Waals surface area (Å²) in [7, 11) is 0. The van der Waals surface area contributed by atoms with Gasteiger partial charge in [-0.15, -0.1) is 11.3 Å². The van der Waals surface area contributed by atoms with Gasteiger partial charge in [0.1, 0.15) is 5.01 Å². The van der Waals surface area contributed by atoms with Crippen molar-refractivity contribution < 1.29 is 0 Å². The van der Waals surface area contributed by atoms with Crippen LogP contribution in [0.15, 0.2) is 39.5 Å². The van der Waals surface area contributed by atoms with E-state index in [4.69, 9.17) is 0 Å². The van der Waals surface area contributed by atoms with Gasteiger partial charge in [0.25, 0.3) is 5.56 Å². The smallest absolute Gasteiger partial charge is 0.267 e. The van der Waals surface area contributed by atoms with E-state index in [1.165, 1.54) is 20.6 Å². The van der Waals surface area contributed by atoms with Gasteiger partial charge in [-0.2, -0.15) is 9.61 Å². The van der Waals surface area contributed by atoms with Gasteiger partial charge in [0.2, 0.25) is 4.96 Å². The number of thiazole rings is 1. The van der Waals surface area contributed by atoms with Crippen LogP contribution in [-0.4, -0.2) is 19.6 Å². The van der Waals surface area contributed by atoms with Gasteiger partial charge in [0, 0.05) is 11.8 Å². The van der Waals surface area contributed by atoms with Crippen LogP contribution < -0.4 is 5.56 Å². The first-order valence-corrected chi connectivity index (χ1v) is 9.72. The Bertz CT molecular complexity index is 1020. The van der Waals surface area contributed by atoms with E-state index in [-0.39, 0.29) is 5.56 Å². The minimum absolute atomic E-state index is 0.120. The van der Waals surface area contributed by atoms with Gasteiger partial charge in [-0.25, -0.2) is 9.97 Å². The summed E-state index contributed by atoms with van der Waals surface area (Å²) in [6.07, 6.45) is 0.809. The number of aromatic nitrogens is 4. The van der Waals surface area contributed by atoms with E-state index < -0.39 is 0 Å². The fraction of sp³-hybridized carbons (Fsp3) is 0.200. The van der Waals surface area contributed by atoms with Crippen LogP contribution in [0.4, 0.5) is 0 Å². The third-order valence-corrected chi connectivity index (χ3v) is 6.53. The Balaban J connectivity index is 1.60. The molecule has 0 fully saturated rings. The van der Waals surface area contributed by atoms with E-state index in [0.717, 1.165) is 27.0 Å². The van der Waals surface area contributed by atoms with E-state index in [1.54, 1.807) is 29.2 Å². The molecule has 0 aliphatic carbocycles. The third-order valence-electron chi connectivity index (χ3n) is 3.26. The van der Waals surface area contributed by atoms with Gasteiger partial charge in [-0.3, -0.25) is 4.79 Å². The minimum atomic E-state index is -0.120. The van der Waals surface area contributed by atoms with E-state index in [2.05, 4.69) is 21.1 Å². The van der Waals surface area contributed by atoms with E-state index in [9.17, 15) is 4.79 Å². The van der Waals surface area contributed by atoms with Gasteiger partial charge < -0.3 is 0 Å². The molecule has 0 unspecified atom stereocenters. The maximum absolute atomic E-state index is 12.1. The second-order valence-corrected chi connectivity index (χ2v) is 8.16. The highest BCUT2D eigenvalue weighted by atomic mass is 32.2. The molecule has 23 heavy (non-hydrogen) atoms. The zero-order chi connectivity index (χ0) is 15.8. The summed E-state index contributed by atoms with van der Waals surface area (Å²) < 4.78 is 3.55. The van der Waals surface area contributed by atoms with Crippen molar-refractivity contribution >= 4 is 49.6 Å². The summed E-state index contributed by atoms with van der Waals surface area (Å²) in [5, 5.41) is 5.18. The Morgan fingerprint density at radius 3 is 2.91 bits per heavy atom. The van der Waals surface area contributed by atoms with Crippen molar-refractivity contribution in [3.63, 3.8) is 0 Å². The predicted molar refractivity (Wildman–Crippen MR) is 95.7 cm³/mol. The molecule has 5 nitrogen and oxygen atoms in total. The lowest BCUT2D eigenvalue weighted by molar-refractivity contribution is 0.852. The highest BCUT2D eigenvalue weighted by molar-refractivity contribution is 8.00. The van der Waals surface area contributed by atoms with Crippen molar-refractivity contribution in [1.29, 1.82) is 0 Å². The molecule has 4 aromatic rings. The van der Waals surface area contributed by atoms with Crippen LogP contribution >= 0.6 is 34.4 Å². The lowest BCUT2D eigenvalue weighted by atomic mass is 10.3. The lowest BCUT2D eigenvalue weighted by Crippen LogP contribution is -2.15. The average Bonchev–Trinajstić information content (AvgIpc) is 3.16.